The lowest BCUT2D eigenvalue weighted by molar-refractivity contribution is -0.138. The molecule has 0 radical (unpaired) electrons. The second kappa shape index (κ2) is 8.95. The first kappa shape index (κ1) is 22.3. The van der Waals surface area contributed by atoms with Gasteiger partial charge < -0.3 is 19.3 Å². The number of aromatic hydroxyl groups is 1. The highest BCUT2D eigenvalue weighted by Gasteiger charge is 2.35. The zero-order valence-corrected chi connectivity index (χ0v) is 18.8. The van der Waals surface area contributed by atoms with Crippen LogP contribution in [0.25, 0.3) is 0 Å². The summed E-state index contributed by atoms with van der Waals surface area (Å²) in [5.74, 6) is -0.319. The Balaban J connectivity index is 1.32. The number of sulfonamides is 1. The summed E-state index contributed by atoms with van der Waals surface area (Å²) in [6.45, 7) is 3.69. The molecule has 4 rings (SSSR count). The first-order valence-corrected chi connectivity index (χ1v) is 12.1. The molecule has 172 valence electrons. The van der Waals surface area contributed by atoms with Gasteiger partial charge in [-0.15, -0.1) is 0 Å². The second-order valence-electron chi connectivity index (χ2n) is 8.24. The maximum atomic E-state index is 13.0. The molecule has 10 heteroatoms. The fourth-order valence-corrected chi connectivity index (χ4v) is 5.85. The molecule has 2 fully saturated rings. The molecule has 0 saturated carbocycles. The number of hydrogen-bond acceptors (Lipinski definition) is 6. The van der Waals surface area contributed by atoms with Crippen molar-refractivity contribution < 1.29 is 27.5 Å². The first-order valence-electron chi connectivity index (χ1n) is 10.7. The third kappa shape index (κ3) is 4.37. The van der Waals surface area contributed by atoms with Crippen molar-refractivity contribution in [2.75, 3.05) is 39.3 Å². The smallest absolute Gasteiger partial charge is 0.289 e. The maximum Gasteiger partial charge on any atom is 0.289 e. The van der Waals surface area contributed by atoms with Crippen molar-refractivity contribution in [1.29, 1.82) is 0 Å². The minimum Gasteiger partial charge on any atom is -0.507 e. The van der Waals surface area contributed by atoms with Crippen LogP contribution in [0, 0.1) is 12.8 Å². The highest BCUT2D eigenvalue weighted by atomic mass is 32.2. The van der Waals surface area contributed by atoms with Crippen molar-refractivity contribution in [3.05, 3.63) is 47.9 Å². The summed E-state index contributed by atoms with van der Waals surface area (Å²) in [4.78, 5) is 28.7. The summed E-state index contributed by atoms with van der Waals surface area (Å²) < 4.78 is 32.4. The molecule has 2 saturated heterocycles. The number of phenols is 1. The van der Waals surface area contributed by atoms with Crippen LogP contribution in [0.4, 0.5) is 0 Å². The van der Waals surface area contributed by atoms with Crippen LogP contribution in [0.3, 0.4) is 0 Å². The van der Waals surface area contributed by atoms with E-state index in [1.807, 2.05) is 0 Å². The zero-order chi connectivity index (χ0) is 22.9. The van der Waals surface area contributed by atoms with Crippen molar-refractivity contribution in [3.8, 4) is 5.75 Å². The fourth-order valence-electron chi connectivity index (χ4n) is 4.26. The Bertz CT molecular complexity index is 1080. The molecule has 2 aliphatic heterocycles. The van der Waals surface area contributed by atoms with Gasteiger partial charge in [0.2, 0.25) is 15.9 Å². The second-order valence-corrected chi connectivity index (χ2v) is 10.2. The third-order valence-electron chi connectivity index (χ3n) is 6.15. The molecule has 0 spiro atoms. The normalized spacial score (nSPS) is 18.7. The topological polar surface area (TPSA) is 111 Å². The highest BCUT2D eigenvalue weighted by molar-refractivity contribution is 7.89. The van der Waals surface area contributed by atoms with Gasteiger partial charge in [0.25, 0.3) is 5.91 Å². The van der Waals surface area contributed by atoms with E-state index in [2.05, 4.69) is 0 Å². The van der Waals surface area contributed by atoms with Crippen molar-refractivity contribution >= 4 is 21.8 Å². The van der Waals surface area contributed by atoms with E-state index in [0.717, 1.165) is 5.56 Å². The molecule has 0 atom stereocenters. The van der Waals surface area contributed by atoms with Gasteiger partial charge in [-0.05, 0) is 49.6 Å². The predicted molar refractivity (Wildman–Crippen MR) is 116 cm³/mol. The van der Waals surface area contributed by atoms with E-state index in [4.69, 9.17) is 4.42 Å². The summed E-state index contributed by atoms with van der Waals surface area (Å²) in [6, 6.07) is 7.79. The first-order chi connectivity index (χ1) is 15.3. The van der Waals surface area contributed by atoms with Gasteiger partial charge >= 0.3 is 0 Å². The number of carbonyl (C=O) groups excluding carboxylic acids is 2. The Kier molecular flexibility index (Phi) is 6.25. The van der Waals surface area contributed by atoms with Crippen LogP contribution >= 0.6 is 0 Å². The average molecular weight is 462 g/mol. The van der Waals surface area contributed by atoms with Gasteiger partial charge in [-0.25, -0.2) is 8.42 Å². The van der Waals surface area contributed by atoms with Crippen molar-refractivity contribution in [1.82, 2.24) is 14.1 Å². The fraction of sp³-hybridized carbons (Fsp3) is 0.455. The van der Waals surface area contributed by atoms with Crippen LogP contribution in [-0.2, 0) is 14.8 Å². The molecule has 0 aliphatic carbocycles. The van der Waals surface area contributed by atoms with Crippen LogP contribution in [-0.4, -0.2) is 78.7 Å². The molecule has 2 aliphatic rings. The van der Waals surface area contributed by atoms with Crippen LogP contribution in [0.2, 0.25) is 0 Å². The molecule has 3 heterocycles. The molecule has 1 aromatic carbocycles. The average Bonchev–Trinajstić information content (AvgIpc) is 3.35. The lowest BCUT2D eigenvalue weighted by Gasteiger charge is -2.38. The predicted octanol–water partition coefficient (Wildman–Crippen LogP) is 1.68. The number of piperazine rings is 1. The Labute approximate surface area is 187 Å². The van der Waals surface area contributed by atoms with E-state index < -0.39 is 10.0 Å². The molecule has 0 unspecified atom stereocenters. The number of furan rings is 1. The van der Waals surface area contributed by atoms with Crippen LogP contribution < -0.4 is 0 Å². The van der Waals surface area contributed by atoms with Gasteiger partial charge in [0.05, 0.1) is 6.26 Å². The molecule has 1 N–H and O–H groups in total. The Morgan fingerprint density at radius 2 is 1.69 bits per heavy atom. The van der Waals surface area contributed by atoms with Gasteiger partial charge in [-0.2, -0.15) is 4.31 Å². The van der Waals surface area contributed by atoms with Gasteiger partial charge in [-0.3, -0.25) is 9.59 Å². The van der Waals surface area contributed by atoms with E-state index in [0.29, 0.717) is 44.8 Å². The van der Waals surface area contributed by atoms with Gasteiger partial charge in [0.1, 0.15) is 10.6 Å². The van der Waals surface area contributed by atoms with E-state index in [9.17, 15) is 23.1 Å². The number of benzene rings is 1. The van der Waals surface area contributed by atoms with E-state index in [1.165, 1.54) is 22.7 Å². The van der Waals surface area contributed by atoms with E-state index in [-0.39, 0.29) is 41.5 Å². The number of hydrogen-bond donors (Lipinski definition) is 1. The zero-order valence-electron chi connectivity index (χ0n) is 17.9. The van der Waals surface area contributed by atoms with Crippen LogP contribution in [0.15, 0.2) is 45.9 Å². The molecule has 32 heavy (non-hydrogen) atoms. The molecule has 2 aromatic rings. The van der Waals surface area contributed by atoms with E-state index in [1.54, 1.807) is 34.9 Å². The molecule has 2 amide bonds. The van der Waals surface area contributed by atoms with Crippen molar-refractivity contribution in [2.45, 2.75) is 24.7 Å². The van der Waals surface area contributed by atoms with Crippen molar-refractivity contribution in [2.24, 2.45) is 5.92 Å². The Hall–Kier alpha value is -2.85. The lowest BCUT2D eigenvalue weighted by atomic mass is 9.95. The van der Waals surface area contributed by atoms with Crippen LogP contribution in [0.1, 0.15) is 29.0 Å². The summed E-state index contributed by atoms with van der Waals surface area (Å²) in [5.41, 5.74) is 0.743. The largest absolute Gasteiger partial charge is 0.507 e. The standard InChI is InChI=1S/C22H27N3O6S/c1-16-4-5-18(26)20(15-16)32(29,30)25-12-10-24(11-13-25)21(27)17-6-8-23(9-7-17)22(28)19-3-2-14-31-19/h2-5,14-15,17,26H,6-13H2,1H3. The molecule has 1 aromatic heterocycles. The Morgan fingerprint density at radius 1 is 1.00 bits per heavy atom. The number of piperidine rings is 1. The molecular weight excluding hydrogens is 434 g/mol. The summed E-state index contributed by atoms with van der Waals surface area (Å²) in [7, 11) is -3.84. The number of rotatable bonds is 4. The minimum atomic E-state index is -3.84. The van der Waals surface area contributed by atoms with Gasteiger partial charge in [0.15, 0.2) is 5.76 Å². The number of carbonyl (C=O) groups is 2. The lowest BCUT2D eigenvalue weighted by Crippen LogP contribution is -2.53. The number of likely N-dealkylation sites (tertiary alicyclic amines) is 1. The summed E-state index contributed by atoms with van der Waals surface area (Å²) in [5, 5.41) is 10.0. The van der Waals surface area contributed by atoms with Gasteiger partial charge in [0, 0.05) is 45.2 Å². The summed E-state index contributed by atoms with van der Waals surface area (Å²) in [6.07, 6.45) is 2.60. The summed E-state index contributed by atoms with van der Waals surface area (Å²) >= 11 is 0. The number of nitrogens with zero attached hydrogens (tertiary/aromatic N) is 3. The van der Waals surface area contributed by atoms with Crippen LogP contribution in [0.5, 0.6) is 5.75 Å². The van der Waals surface area contributed by atoms with Gasteiger partial charge in [-0.1, -0.05) is 6.07 Å². The molecule has 9 nitrogen and oxygen atoms in total. The number of phenolic OH excluding ortho intramolecular Hbond substituents is 1. The Morgan fingerprint density at radius 3 is 2.31 bits per heavy atom. The number of aryl methyl sites for hydroxylation is 1. The SMILES string of the molecule is Cc1ccc(O)c(S(=O)(=O)N2CCN(C(=O)C3CCN(C(=O)c4ccco4)CC3)CC2)c1. The molecular formula is C22H27N3O6S. The van der Waals surface area contributed by atoms with Crippen molar-refractivity contribution in [3.63, 3.8) is 0 Å². The number of amides is 2. The van der Waals surface area contributed by atoms with E-state index >= 15 is 0 Å². The maximum absolute atomic E-state index is 13.0. The third-order valence-corrected chi connectivity index (χ3v) is 8.07. The molecule has 0 bridgehead atoms. The monoisotopic (exact) mass is 461 g/mol. The highest BCUT2D eigenvalue weighted by Crippen LogP contribution is 2.28. The quantitative estimate of drug-likeness (QED) is 0.742. The minimum absolute atomic E-state index is 0.00514.